The molecule has 5 aromatic rings. The van der Waals surface area contributed by atoms with E-state index in [-0.39, 0.29) is 11.7 Å². The number of benzene rings is 2. The van der Waals surface area contributed by atoms with E-state index >= 15 is 0 Å². The molecule has 0 aliphatic rings. The third kappa shape index (κ3) is 3.97. The van der Waals surface area contributed by atoms with Gasteiger partial charge in [-0.1, -0.05) is 54.2 Å². The first kappa shape index (κ1) is 20.3. The summed E-state index contributed by atoms with van der Waals surface area (Å²) in [5.74, 6) is 0.226. The predicted octanol–water partition coefficient (Wildman–Crippen LogP) is 4.07. The average molecular weight is 443 g/mol. The maximum atomic E-state index is 12.3. The van der Waals surface area contributed by atoms with Crippen LogP contribution in [0.5, 0.6) is 0 Å². The third-order valence-electron chi connectivity index (χ3n) is 5.45. The average Bonchev–Trinajstić information content (AvgIpc) is 3.42. The molecule has 8 heteroatoms. The fraction of sp³-hybridized carbons (Fsp3) is 0.167. The van der Waals surface area contributed by atoms with Crippen LogP contribution >= 0.6 is 11.8 Å². The fourth-order valence-electron chi connectivity index (χ4n) is 3.51. The summed E-state index contributed by atoms with van der Waals surface area (Å²) in [6, 6.07) is 18.2. The van der Waals surface area contributed by atoms with Gasteiger partial charge in [0.1, 0.15) is 5.52 Å². The number of nitrogens with one attached hydrogen (secondary N) is 1. The van der Waals surface area contributed by atoms with E-state index in [1.165, 1.54) is 22.9 Å². The van der Waals surface area contributed by atoms with E-state index in [2.05, 4.69) is 47.6 Å². The van der Waals surface area contributed by atoms with Crippen LogP contribution in [0.4, 0.5) is 0 Å². The van der Waals surface area contributed by atoms with Crippen LogP contribution in [0.2, 0.25) is 0 Å². The first-order valence-electron chi connectivity index (χ1n) is 10.3. The molecule has 3 aromatic heterocycles. The highest BCUT2D eigenvalue weighted by atomic mass is 32.2. The maximum absolute atomic E-state index is 12.3. The third-order valence-corrected chi connectivity index (χ3v) is 6.40. The van der Waals surface area contributed by atoms with Gasteiger partial charge in [0.2, 0.25) is 5.91 Å². The Morgan fingerprint density at radius 2 is 1.84 bits per heavy atom. The van der Waals surface area contributed by atoms with Crippen molar-refractivity contribution in [3.8, 4) is 11.3 Å². The van der Waals surface area contributed by atoms with Gasteiger partial charge in [0.15, 0.2) is 10.8 Å². The van der Waals surface area contributed by atoms with E-state index in [9.17, 15) is 4.79 Å². The van der Waals surface area contributed by atoms with E-state index in [1.807, 2.05) is 57.7 Å². The topological polar surface area (TPSA) is 76.6 Å². The molecular formula is C24H22N6OS. The Balaban J connectivity index is 1.34. The Bertz CT molecular complexity index is 1420. The van der Waals surface area contributed by atoms with Gasteiger partial charge in [-0.25, -0.2) is 4.52 Å². The van der Waals surface area contributed by atoms with Gasteiger partial charge in [-0.05, 0) is 42.7 Å². The lowest BCUT2D eigenvalue weighted by molar-refractivity contribution is -0.118. The van der Waals surface area contributed by atoms with Crippen molar-refractivity contribution in [2.75, 3.05) is 5.75 Å². The molecule has 1 amide bonds. The van der Waals surface area contributed by atoms with Crippen molar-refractivity contribution in [3.63, 3.8) is 0 Å². The predicted molar refractivity (Wildman–Crippen MR) is 126 cm³/mol. The molecule has 32 heavy (non-hydrogen) atoms. The molecule has 7 nitrogen and oxygen atoms in total. The van der Waals surface area contributed by atoms with Crippen LogP contribution < -0.4 is 5.32 Å². The zero-order chi connectivity index (χ0) is 22.1. The second kappa shape index (κ2) is 8.47. The number of aryl methyl sites for hydroxylation is 2. The molecule has 0 bridgehead atoms. The number of fused-ring (bicyclic) bond motifs is 3. The summed E-state index contributed by atoms with van der Waals surface area (Å²) in [5, 5.41) is 17.0. The Hall–Kier alpha value is -3.65. The van der Waals surface area contributed by atoms with E-state index in [0.717, 1.165) is 22.3 Å². The minimum atomic E-state index is -0.0435. The molecule has 0 aliphatic heterocycles. The molecule has 2 aromatic carbocycles. The van der Waals surface area contributed by atoms with Crippen molar-refractivity contribution in [2.45, 2.75) is 25.5 Å². The van der Waals surface area contributed by atoms with Crippen molar-refractivity contribution in [2.24, 2.45) is 0 Å². The molecule has 0 radical (unpaired) electrons. The van der Waals surface area contributed by atoms with Gasteiger partial charge in [0.05, 0.1) is 11.4 Å². The number of amides is 1. The zero-order valence-electron chi connectivity index (χ0n) is 17.8. The second-order valence-corrected chi connectivity index (χ2v) is 8.63. The van der Waals surface area contributed by atoms with Crippen LogP contribution in [0, 0.1) is 13.8 Å². The van der Waals surface area contributed by atoms with Crippen LogP contribution in [0.3, 0.4) is 0 Å². The van der Waals surface area contributed by atoms with E-state index in [1.54, 1.807) is 0 Å². The van der Waals surface area contributed by atoms with Gasteiger partial charge in [-0.2, -0.15) is 5.10 Å². The normalized spacial score (nSPS) is 11.3. The van der Waals surface area contributed by atoms with Gasteiger partial charge < -0.3 is 5.32 Å². The van der Waals surface area contributed by atoms with Crippen molar-refractivity contribution in [1.29, 1.82) is 0 Å². The highest BCUT2D eigenvalue weighted by Crippen LogP contribution is 2.25. The van der Waals surface area contributed by atoms with E-state index < -0.39 is 0 Å². The Morgan fingerprint density at radius 1 is 1.00 bits per heavy atom. The highest BCUT2D eigenvalue weighted by Gasteiger charge is 2.14. The molecular weight excluding hydrogens is 420 g/mol. The highest BCUT2D eigenvalue weighted by molar-refractivity contribution is 7.99. The number of carbonyl (C=O) groups is 1. The summed E-state index contributed by atoms with van der Waals surface area (Å²) in [6.45, 7) is 4.72. The minimum absolute atomic E-state index is 0.0435. The van der Waals surface area contributed by atoms with Crippen LogP contribution in [0.1, 0.15) is 16.7 Å². The lowest BCUT2D eigenvalue weighted by Gasteiger charge is -2.04. The Labute approximate surface area is 189 Å². The van der Waals surface area contributed by atoms with E-state index in [4.69, 9.17) is 5.10 Å². The molecule has 160 valence electrons. The summed E-state index contributed by atoms with van der Waals surface area (Å²) in [6.07, 6.45) is 3.76. The molecule has 1 N–H and O–H groups in total. The zero-order valence-corrected chi connectivity index (χ0v) is 18.6. The largest absolute Gasteiger partial charge is 0.351 e. The standard InChI is InChI=1S/C24H22N6OS/c1-16-8-9-19(12-17(16)2)20-13-21-23-26-27-24(29(23)10-11-30(21)28-20)32-15-22(31)25-14-18-6-4-3-5-7-18/h3-13H,14-15H2,1-2H3,(H,25,31). The molecule has 0 aliphatic carbocycles. The van der Waals surface area contributed by atoms with Crippen molar-refractivity contribution in [1.82, 2.24) is 29.5 Å². The molecule has 0 atom stereocenters. The summed E-state index contributed by atoms with van der Waals surface area (Å²) < 4.78 is 3.71. The van der Waals surface area contributed by atoms with Crippen molar-refractivity contribution < 1.29 is 4.79 Å². The van der Waals surface area contributed by atoms with Gasteiger partial charge in [-0.3, -0.25) is 9.20 Å². The van der Waals surface area contributed by atoms with Crippen LogP contribution in [0.25, 0.3) is 22.4 Å². The lowest BCUT2D eigenvalue weighted by atomic mass is 10.0. The first-order chi connectivity index (χ1) is 15.6. The number of aromatic nitrogens is 5. The fourth-order valence-corrected chi connectivity index (χ4v) is 4.26. The van der Waals surface area contributed by atoms with Gasteiger partial charge >= 0.3 is 0 Å². The minimum Gasteiger partial charge on any atom is -0.351 e. The monoisotopic (exact) mass is 442 g/mol. The second-order valence-electron chi connectivity index (χ2n) is 7.68. The smallest absolute Gasteiger partial charge is 0.230 e. The van der Waals surface area contributed by atoms with Crippen LogP contribution in [-0.2, 0) is 11.3 Å². The molecule has 3 heterocycles. The quantitative estimate of drug-likeness (QED) is 0.401. The first-order valence-corrected chi connectivity index (χ1v) is 11.3. The number of carbonyl (C=O) groups excluding carboxylic acids is 1. The van der Waals surface area contributed by atoms with Gasteiger partial charge in [0, 0.05) is 24.5 Å². The van der Waals surface area contributed by atoms with Gasteiger partial charge in [0.25, 0.3) is 0 Å². The molecule has 0 unspecified atom stereocenters. The number of nitrogens with zero attached hydrogens (tertiary/aromatic N) is 5. The van der Waals surface area contributed by atoms with Crippen molar-refractivity contribution in [3.05, 3.63) is 83.7 Å². The van der Waals surface area contributed by atoms with Crippen LogP contribution in [-0.4, -0.2) is 35.9 Å². The maximum Gasteiger partial charge on any atom is 0.230 e. The number of rotatable bonds is 6. The number of hydrogen-bond acceptors (Lipinski definition) is 5. The van der Waals surface area contributed by atoms with Gasteiger partial charge in [-0.15, -0.1) is 10.2 Å². The number of hydrogen-bond donors (Lipinski definition) is 1. The Kier molecular flexibility index (Phi) is 5.36. The summed E-state index contributed by atoms with van der Waals surface area (Å²) in [4.78, 5) is 12.3. The summed E-state index contributed by atoms with van der Waals surface area (Å²) in [5.41, 5.74) is 7.10. The Morgan fingerprint density at radius 3 is 2.66 bits per heavy atom. The molecule has 0 saturated carbocycles. The SMILES string of the molecule is Cc1ccc(-c2cc3c4nnc(SCC(=O)NCc5ccccc5)n4ccn3n2)cc1C. The molecule has 5 rings (SSSR count). The summed E-state index contributed by atoms with van der Waals surface area (Å²) >= 11 is 1.36. The van der Waals surface area contributed by atoms with E-state index in [0.29, 0.717) is 17.3 Å². The summed E-state index contributed by atoms with van der Waals surface area (Å²) in [7, 11) is 0. The van der Waals surface area contributed by atoms with Crippen molar-refractivity contribution >= 4 is 28.8 Å². The number of thioether (sulfide) groups is 1. The molecule has 0 fully saturated rings. The molecule has 0 saturated heterocycles. The lowest BCUT2D eigenvalue weighted by Crippen LogP contribution is -2.24. The molecule has 0 spiro atoms. The van der Waals surface area contributed by atoms with Crippen LogP contribution in [0.15, 0.2) is 72.1 Å².